The van der Waals surface area contributed by atoms with E-state index in [4.69, 9.17) is 4.42 Å². The lowest BCUT2D eigenvalue weighted by Gasteiger charge is -2.07. The van der Waals surface area contributed by atoms with E-state index >= 15 is 0 Å². The molecule has 5 heteroatoms. The largest absolute Gasteiger partial charge is 0.507 e. The van der Waals surface area contributed by atoms with E-state index in [1.165, 1.54) is 6.07 Å². The minimum atomic E-state index is -0.240. The normalized spacial score (nSPS) is 10.9. The van der Waals surface area contributed by atoms with Crippen LogP contribution in [-0.4, -0.2) is 16.0 Å². The first-order chi connectivity index (χ1) is 13.0. The number of hydrogen-bond donors (Lipinski definition) is 2. The zero-order valence-electron chi connectivity index (χ0n) is 15.0. The number of fused-ring (bicyclic) bond motifs is 1. The molecule has 0 fully saturated rings. The second-order valence-corrected chi connectivity index (χ2v) is 6.48. The number of nitrogens with one attached hydrogen (secondary N) is 1. The molecule has 0 unspecified atom stereocenters. The Balaban J connectivity index is 1.63. The summed E-state index contributed by atoms with van der Waals surface area (Å²) in [7, 11) is 0. The van der Waals surface area contributed by atoms with Gasteiger partial charge in [-0.3, -0.25) is 4.79 Å². The Labute approximate surface area is 156 Å². The zero-order chi connectivity index (χ0) is 19.0. The molecule has 1 aromatic heterocycles. The van der Waals surface area contributed by atoms with Gasteiger partial charge in [-0.2, -0.15) is 0 Å². The number of benzene rings is 3. The summed E-state index contributed by atoms with van der Waals surface area (Å²) in [5.74, 6) is 0.0878. The summed E-state index contributed by atoms with van der Waals surface area (Å²) in [5, 5.41) is 13.2. The first kappa shape index (κ1) is 16.8. The first-order valence-electron chi connectivity index (χ1n) is 8.59. The first-order valence-corrected chi connectivity index (χ1v) is 8.59. The summed E-state index contributed by atoms with van der Waals surface area (Å²) in [6, 6.07) is 17.7. The van der Waals surface area contributed by atoms with Gasteiger partial charge >= 0.3 is 0 Å². The van der Waals surface area contributed by atoms with Gasteiger partial charge in [-0.25, -0.2) is 4.98 Å². The number of oxazole rings is 1. The molecular formula is C22H18N2O3. The summed E-state index contributed by atoms with van der Waals surface area (Å²) in [4.78, 5) is 16.7. The third kappa shape index (κ3) is 3.27. The van der Waals surface area contributed by atoms with E-state index in [0.29, 0.717) is 28.3 Å². The topological polar surface area (TPSA) is 75.4 Å². The quantitative estimate of drug-likeness (QED) is 0.536. The number of aromatic nitrogens is 1. The van der Waals surface area contributed by atoms with E-state index in [9.17, 15) is 9.90 Å². The van der Waals surface area contributed by atoms with Crippen LogP contribution in [0.2, 0.25) is 0 Å². The van der Waals surface area contributed by atoms with Gasteiger partial charge in [-0.1, -0.05) is 18.2 Å². The third-order valence-corrected chi connectivity index (χ3v) is 4.53. The van der Waals surface area contributed by atoms with Gasteiger partial charge in [0.25, 0.3) is 5.91 Å². The average Bonchev–Trinajstić information content (AvgIpc) is 3.05. The van der Waals surface area contributed by atoms with Crippen LogP contribution in [0.25, 0.3) is 22.6 Å². The molecule has 0 atom stereocenters. The summed E-state index contributed by atoms with van der Waals surface area (Å²) in [5.41, 5.74) is 5.18. The zero-order valence-corrected chi connectivity index (χ0v) is 15.0. The van der Waals surface area contributed by atoms with Crippen molar-refractivity contribution in [3.8, 4) is 17.2 Å². The number of rotatable bonds is 3. The summed E-state index contributed by atoms with van der Waals surface area (Å²) in [6.45, 7) is 4.03. The highest BCUT2D eigenvalue weighted by Gasteiger charge is 2.14. The van der Waals surface area contributed by atoms with E-state index in [1.54, 1.807) is 36.4 Å². The van der Waals surface area contributed by atoms with Crippen LogP contribution in [0.3, 0.4) is 0 Å². The molecule has 2 N–H and O–H groups in total. The van der Waals surface area contributed by atoms with Gasteiger partial charge < -0.3 is 14.8 Å². The van der Waals surface area contributed by atoms with Gasteiger partial charge in [-0.15, -0.1) is 0 Å². The Morgan fingerprint density at radius 3 is 2.48 bits per heavy atom. The molecule has 134 valence electrons. The van der Waals surface area contributed by atoms with Crippen molar-refractivity contribution >= 4 is 22.7 Å². The second kappa shape index (κ2) is 6.61. The van der Waals surface area contributed by atoms with E-state index in [1.807, 2.05) is 32.0 Å². The van der Waals surface area contributed by atoms with Gasteiger partial charge in [-0.05, 0) is 61.4 Å². The highest BCUT2D eigenvalue weighted by molar-refractivity contribution is 6.04. The lowest BCUT2D eigenvalue weighted by molar-refractivity contribution is 0.102. The molecule has 3 aromatic carbocycles. The molecule has 0 radical (unpaired) electrons. The van der Waals surface area contributed by atoms with Crippen LogP contribution in [0, 0.1) is 13.8 Å². The number of amides is 1. The minimum Gasteiger partial charge on any atom is -0.507 e. The monoisotopic (exact) mass is 358 g/mol. The molecule has 0 saturated carbocycles. The minimum absolute atomic E-state index is 0.0131. The number of nitrogens with zero attached hydrogens (tertiary/aromatic N) is 1. The predicted molar refractivity (Wildman–Crippen MR) is 105 cm³/mol. The number of carbonyl (C=O) groups is 1. The molecule has 0 bridgehead atoms. The Hall–Kier alpha value is -3.60. The maximum Gasteiger partial charge on any atom is 0.255 e. The lowest BCUT2D eigenvalue weighted by atomic mass is 10.1. The number of phenolic OH excluding ortho intramolecular Hbond substituents is 1. The standard InChI is InChI=1S/C22H18N2O3/c1-13-10-18-20(11-14(13)2)27-22(24-18)17-9-8-16(12-19(17)25)23-21(26)15-6-4-3-5-7-15/h3-12,25H,1-2H3,(H,23,26). The van der Waals surface area contributed by atoms with Gasteiger partial charge in [0.05, 0.1) is 5.56 Å². The van der Waals surface area contributed by atoms with E-state index in [2.05, 4.69) is 10.3 Å². The number of anilines is 1. The number of aromatic hydroxyl groups is 1. The molecule has 0 aliphatic rings. The third-order valence-electron chi connectivity index (χ3n) is 4.53. The SMILES string of the molecule is Cc1cc2nc(-c3ccc(NC(=O)c4ccccc4)cc3O)oc2cc1C. The van der Waals surface area contributed by atoms with Crippen LogP contribution < -0.4 is 5.32 Å². The maximum atomic E-state index is 12.2. The second-order valence-electron chi connectivity index (χ2n) is 6.48. The maximum absolute atomic E-state index is 12.2. The highest BCUT2D eigenvalue weighted by atomic mass is 16.3. The van der Waals surface area contributed by atoms with Gasteiger partial charge in [0.15, 0.2) is 5.58 Å². The molecule has 4 rings (SSSR count). The highest BCUT2D eigenvalue weighted by Crippen LogP contribution is 2.33. The Morgan fingerprint density at radius 2 is 1.74 bits per heavy atom. The predicted octanol–water partition coefficient (Wildman–Crippen LogP) is 5.07. The van der Waals surface area contributed by atoms with Crippen LogP contribution in [0.4, 0.5) is 5.69 Å². The van der Waals surface area contributed by atoms with Gasteiger partial charge in [0, 0.05) is 17.3 Å². The molecule has 4 aromatic rings. The smallest absolute Gasteiger partial charge is 0.255 e. The molecule has 0 spiro atoms. The van der Waals surface area contributed by atoms with Crippen LogP contribution in [0.5, 0.6) is 5.75 Å². The molecular weight excluding hydrogens is 340 g/mol. The molecule has 0 saturated heterocycles. The van der Waals surface area contributed by atoms with Crippen molar-refractivity contribution in [2.24, 2.45) is 0 Å². The Bertz CT molecular complexity index is 1110. The van der Waals surface area contributed by atoms with Crippen molar-refractivity contribution in [1.29, 1.82) is 0 Å². The Kier molecular flexibility index (Phi) is 4.12. The summed E-state index contributed by atoms with van der Waals surface area (Å²) < 4.78 is 5.80. The van der Waals surface area contributed by atoms with Crippen LogP contribution in [0.1, 0.15) is 21.5 Å². The molecule has 27 heavy (non-hydrogen) atoms. The molecule has 0 aliphatic heterocycles. The van der Waals surface area contributed by atoms with Crippen molar-refractivity contribution in [3.63, 3.8) is 0 Å². The fraction of sp³-hybridized carbons (Fsp3) is 0.0909. The van der Waals surface area contributed by atoms with Crippen LogP contribution in [0.15, 0.2) is 65.1 Å². The lowest BCUT2D eigenvalue weighted by Crippen LogP contribution is -2.11. The molecule has 0 aliphatic carbocycles. The summed E-state index contributed by atoms with van der Waals surface area (Å²) >= 11 is 0. The van der Waals surface area contributed by atoms with Crippen molar-refractivity contribution in [2.45, 2.75) is 13.8 Å². The van der Waals surface area contributed by atoms with E-state index in [-0.39, 0.29) is 11.7 Å². The van der Waals surface area contributed by atoms with E-state index < -0.39 is 0 Å². The average molecular weight is 358 g/mol. The van der Waals surface area contributed by atoms with Crippen molar-refractivity contribution in [3.05, 3.63) is 77.4 Å². The van der Waals surface area contributed by atoms with Crippen LogP contribution >= 0.6 is 0 Å². The van der Waals surface area contributed by atoms with E-state index in [0.717, 1.165) is 16.6 Å². The molecule has 1 amide bonds. The number of carbonyl (C=O) groups excluding carboxylic acids is 1. The van der Waals surface area contributed by atoms with Crippen molar-refractivity contribution in [1.82, 2.24) is 4.98 Å². The molecule has 5 nitrogen and oxygen atoms in total. The Morgan fingerprint density at radius 1 is 1.00 bits per heavy atom. The fourth-order valence-electron chi connectivity index (χ4n) is 2.88. The molecule has 1 heterocycles. The fourth-order valence-corrected chi connectivity index (χ4v) is 2.88. The number of phenols is 1. The van der Waals surface area contributed by atoms with Crippen molar-refractivity contribution < 1.29 is 14.3 Å². The van der Waals surface area contributed by atoms with Crippen molar-refractivity contribution in [2.75, 3.05) is 5.32 Å². The van der Waals surface area contributed by atoms with Gasteiger partial charge in [0.2, 0.25) is 5.89 Å². The van der Waals surface area contributed by atoms with Gasteiger partial charge in [0.1, 0.15) is 11.3 Å². The summed E-state index contributed by atoms with van der Waals surface area (Å²) in [6.07, 6.45) is 0. The number of aryl methyl sites for hydroxylation is 2. The number of hydrogen-bond acceptors (Lipinski definition) is 4. The van der Waals surface area contributed by atoms with Crippen LogP contribution in [-0.2, 0) is 0 Å².